The van der Waals surface area contributed by atoms with Gasteiger partial charge in [0.15, 0.2) is 5.69 Å². The van der Waals surface area contributed by atoms with Crippen LogP contribution in [0.4, 0.5) is 0 Å². The summed E-state index contributed by atoms with van der Waals surface area (Å²) in [7, 11) is 1.82. The van der Waals surface area contributed by atoms with Crippen molar-refractivity contribution in [1.29, 1.82) is 0 Å². The smallest absolute Gasteiger partial charge is 0.275 e. The maximum atomic E-state index is 12.9. The summed E-state index contributed by atoms with van der Waals surface area (Å²) < 4.78 is 1.67. The van der Waals surface area contributed by atoms with Crippen LogP contribution in [0, 0.1) is 6.92 Å². The van der Waals surface area contributed by atoms with Gasteiger partial charge in [-0.05, 0) is 45.4 Å². The summed E-state index contributed by atoms with van der Waals surface area (Å²) in [6, 6.07) is 0. The molecule has 1 unspecified atom stereocenters. The lowest BCUT2D eigenvalue weighted by Crippen LogP contribution is -2.39. The molecule has 2 aromatic rings. The molecule has 7 heteroatoms. The van der Waals surface area contributed by atoms with Gasteiger partial charge in [-0.1, -0.05) is 11.6 Å². The molecule has 0 N–H and O–H groups in total. The molecule has 1 saturated heterocycles. The number of fused-ring (bicyclic) bond motifs is 1. The average Bonchev–Trinajstić information content (AvgIpc) is 3.18. The molecule has 1 atom stereocenters. The first-order valence-corrected chi connectivity index (χ1v) is 10.2. The van der Waals surface area contributed by atoms with Crippen molar-refractivity contribution in [1.82, 2.24) is 19.7 Å². The molecule has 5 nitrogen and oxygen atoms in total. The van der Waals surface area contributed by atoms with Crippen molar-refractivity contribution in [3.63, 3.8) is 0 Å². The van der Waals surface area contributed by atoms with E-state index in [4.69, 9.17) is 16.6 Å². The molecule has 4 rings (SSSR count). The predicted octanol–water partition coefficient (Wildman–Crippen LogP) is 3.74. The normalized spacial score (nSPS) is 20.6. The van der Waals surface area contributed by atoms with E-state index in [9.17, 15) is 4.79 Å². The van der Waals surface area contributed by atoms with Crippen molar-refractivity contribution < 1.29 is 4.79 Å². The number of aromatic nitrogens is 3. The zero-order valence-corrected chi connectivity index (χ0v) is 16.3. The zero-order valence-electron chi connectivity index (χ0n) is 14.7. The van der Waals surface area contributed by atoms with Gasteiger partial charge < -0.3 is 4.90 Å². The van der Waals surface area contributed by atoms with Gasteiger partial charge in [0.2, 0.25) is 0 Å². The maximum absolute atomic E-state index is 12.9. The molecule has 0 spiro atoms. The summed E-state index contributed by atoms with van der Waals surface area (Å²) in [4.78, 5) is 21.2. The number of rotatable bonds is 2. The van der Waals surface area contributed by atoms with Crippen LogP contribution in [-0.4, -0.2) is 38.7 Å². The zero-order chi connectivity index (χ0) is 17.6. The number of carbonyl (C=O) groups excluding carboxylic acids is 1. The van der Waals surface area contributed by atoms with Crippen LogP contribution in [0.3, 0.4) is 0 Å². The lowest BCUT2D eigenvalue weighted by atomic mass is 9.98. The molecule has 134 valence electrons. The molecule has 2 aliphatic rings. The second-order valence-electron chi connectivity index (χ2n) is 7.09. The molecular weight excluding hydrogens is 356 g/mol. The van der Waals surface area contributed by atoms with Crippen molar-refractivity contribution in [2.75, 3.05) is 13.1 Å². The molecule has 25 heavy (non-hydrogen) atoms. The minimum Gasteiger partial charge on any atom is -0.337 e. The highest BCUT2D eigenvalue weighted by molar-refractivity contribution is 7.11. The van der Waals surface area contributed by atoms with E-state index in [1.54, 1.807) is 4.68 Å². The first kappa shape index (κ1) is 17.0. The van der Waals surface area contributed by atoms with Crippen LogP contribution in [-0.2, 0) is 19.9 Å². The number of carbonyl (C=O) groups is 1. The summed E-state index contributed by atoms with van der Waals surface area (Å²) in [5, 5.41) is 6.00. The van der Waals surface area contributed by atoms with E-state index in [1.165, 1.54) is 34.8 Å². The quantitative estimate of drug-likeness (QED) is 0.799. The van der Waals surface area contributed by atoms with Crippen LogP contribution < -0.4 is 0 Å². The third-order valence-corrected chi connectivity index (χ3v) is 7.16. The number of thiazole rings is 1. The highest BCUT2D eigenvalue weighted by Crippen LogP contribution is 2.35. The first-order valence-electron chi connectivity index (χ1n) is 9.01. The summed E-state index contributed by atoms with van der Waals surface area (Å²) in [5.41, 5.74) is 2.50. The van der Waals surface area contributed by atoms with Crippen LogP contribution in [0.15, 0.2) is 0 Å². The number of amides is 1. The second kappa shape index (κ2) is 6.72. The van der Waals surface area contributed by atoms with Crippen LogP contribution in [0.2, 0.25) is 5.02 Å². The van der Waals surface area contributed by atoms with E-state index in [2.05, 4.69) is 5.10 Å². The Balaban J connectivity index is 1.53. The molecule has 0 aromatic carbocycles. The highest BCUT2D eigenvalue weighted by atomic mass is 35.5. The minimum absolute atomic E-state index is 0.0558. The number of halogens is 1. The number of hydrogen-bond acceptors (Lipinski definition) is 4. The summed E-state index contributed by atoms with van der Waals surface area (Å²) >= 11 is 8.18. The molecule has 1 fully saturated rings. The second-order valence-corrected chi connectivity index (χ2v) is 8.58. The highest BCUT2D eigenvalue weighted by Gasteiger charge is 2.31. The lowest BCUT2D eigenvalue weighted by Gasteiger charge is -2.31. The van der Waals surface area contributed by atoms with Crippen molar-refractivity contribution in [3.8, 4) is 0 Å². The topological polar surface area (TPSA) is 51.0 Å². The molecular formula is C18H23ClN4OS. The van der Waals surface area contributed by atoms with Gasteiger partial charge in [0.25, 0.3) is 5.91 Å². The van der Waals surface area contributed by atoms with Crippen molar-refractivity contribution in [2.45, 2.75) is 51.4 Å². The molecule has 2 aromatic heterocycles. The van der Waals surface area contributed by atoms with Crippen LogP contribution >= 0.6 is 22.9 Å². The van der Waals surface area contributed by atoms with E-state index < -0.39 is 0 Å². The van der Waals surface area contributed by atoms with Gasteiger partial charge in [0.05, 0.1) is 21.4 Å². The Morgan fingerprint density at radius 1 is 1.28 bits per heavy atom. The fourth-order valence-electron chi connectivity index (χ4n) is 3.78. The molecule has 0 saturated carbocycles. The monoisotopic (exact) mass is 378 g/mol. The van der Waals surface area contributed by atoms with Gasteiger partial charge in [-0.25, -0.2) is 4.98 Å². The standard InChI is InChI=1S/C18H23ClN4OS/c1-11-15(19)16(21-22(11)2)18(24)23-9-5-6-12(10-23)17-20-13-7-3-4-8-14(13)25-17/h12H,3-10H2,1-2H3. The van der Waals surface area contributed by atoms with E-state index >= 15 is 0 Å². The number of aryl methyl sites for hydroxylation is 3. The maximum Gasteiger partial charge on any atom is 0.275 e. The van der Waals surface area contributed by atoms with Crippen LogP contribution in [0.25, 0.3) is 0 Å². The van der Waals surface area contributed by atoms with Crippen molar-refractivity contribution in [2.24, 2.45) is 7.05 Å². The third kappa shape index (κ3) is 3.10. The Morgan fingerprint density at radius 2 is 2.08 bits per heavy atom. The van der Waals surface area contributed by atoms with Gasteiger partial charge in [-0.3, -0.25) is 9.48 Å². The predicted molar refractivity (Wildman–Crippen MR) is 99.6 cm³/mol. The molecule has 1 amide bonds. The number of likely N-dealkylation sites (tertiary alicyclic amines) is 1. The van der Waals surface area contributed by atoms with E-state index in [0.717, 1.165) is 38.0 Å². The Morgan fingerprint density at radius 3 is 2.80 bits per heavy atom. The summed E-state index contributed by atoms with van der Waals surface area (Å²) in [6.07, 6.45) is 6.93. The summed E-state index contributed by atoms with van der Waals surface area (Å²) in [6.45, 7) is 3.37. The number of piperidine rings is 1. The Hall–Kier alpha value is -1.40. The Kier molecular flexibility index (Phi) is 4.58. The van der Waals surface area contributed by atoms with E-state index in [0.29, 0.717) is 16.6 Å². The van der Waals surface area contributed by atoms with Gasteiger partial charge in [-0.15, -0.1) is 11.3 Å². The average molecular weight is 379 g/mol. The first-order chi connectivity index (χ1) is 12.0. The van der Waals surface area contributed by atoms with E-state index in [-0.39, 0.29) is 5.91 Å². The fourth-order valence-corrected chi connectivity index (χ4v) is 5.30. The molecule has 1 aliphatic carbocycles. The van der Waals surface area contributed by atoms with Gasteiger partial charge in [0.1, 0.15) is 0 Å². The van der Waals surface area contributed by atoms with Gasteiger partial charge in [-0.2, -0.15) is 5.10 Å². The third-order valence-electron chi connectivity index (χ3n) is 5.38. The van der Waals surface area contributed by atoms with Gasteiger partial charge in [0, 0.05) is 30.9 Å². The fraction of sp³-hybridized carbons (Fsp3) is 0.611. The van der Waals surface area contributed by atoms with Crippen LogP contribution in [0.1, 0.15) is 63.4 Å². The summed E-state index contributed by atoms with van der Waals surface area (Å²) in [5.74, 6) is 0.289. The lowest BCUT2D eigenvalue weighted by molar-refractivity contribution is 0.0700. The number of hydrogen-bond donors (Lipinski definition) is 0. The molecule has 1 aliphatic heterocycles. The minimum atomic E-state index is -0.0558. The Bertz CT molecular complexity index is 789. The molecule has 0 bridgehead atoms. The molecule has 3 heterocycles. The van der Waals surface area contributed by atoms with Gasteiger partial charge >= 0.3 is 0 Å². The SMILES string of the molecule is Cc1c(Cl)c(C(=O)N2CCCC(c3nc4c(s3)CCCC4)C2)nn1C. The number of nitrogens with zero attached hydrogens (tertiary/aromatic N) is 4. The van der Waals surface area contributed by atoms with Crippen molar-refractivity contribution >= 4 is 28.8 Å². The largest absolute Gasteiger partial charge is 0.337 e. The van der Waals surface area contributed by atoms with E-state index in [1.807, 2.05) is 30.2 Å². The molecule has 0 radical (unpaired) electrons. The van der Waals surface area contributed by atoms with Crippen molar-refractivity contribution in [3.05, 3.63) is 32.0 Å². The Labute approximate surface area is 157 Å². The van der Waals surface area contributed by atoms with Crippen LogP contribution in [0.5, 0.6) is 0 Å².